The van der Waals surface area contributed by atoms with E-state index in [4.69, 9.17) is 28.3 Å². The molecule has 0 saturated carbocycles. The van der Waals surface area contributed by atoms with Crippen molar-refractivity contribution in [3.63, 3.8) is 0 Å². The molecule has 206 valence electrons. The summed E-state index contributed by atoms with van der Waals surface area (Å²) in [7, 11) is 0. The molecular weight excluding hydrogens is 532 g/mol. The van der Waals surface area contributed by atoms with Gasteiger partial charge < -0.3 is 26.2 Å². The molecule has 0 aromatic heterocycles. The van der Waals surface area contributed by atoms with E-state index in [2.05, 4.69) is 36.7 Å². The SMILES string of the molecule is CC(C)(C)C[C@H]1NC(CC(=O)NCC[C@H](O)CO)[C@H](c2cccc(Cl)c2F)C12C(=O)Nc1cc(Cl)ccc12. The first kappa shape index (κ1) is 28.8. The van der Waals surface area contributed by atoms with Crippen molar-refractivity contribution < 1.29 is 24.2 Å². The molecule has 5 N–H and O–H groups in total. The third-order valence-corrected chi connectivity index (χ3v) is 7.98. The Hall–Kier alpha value is -2.23. The normalized spacial score (nSPS) is 25.4. The summed E-state index contributed by atoms with van der Waals surface area (Å²) < 4.78 is 15.7. The molecule has 2 aliphatic heterocycles. The summed E-state index contributed by atoms with van der Waals surface area (Å²) >= 11 is 12.5. The molecule has 2 aromatic carbocycles. The van der Waals surface area contributed by atoms with Gasteiger partial charge in [-0.1, -0.05) is 62.2 Å². The molecule has 2 unspecified atom stereocenters. The van der Waals surface area contributed by atoms with Crippen LogP contribution in [0.3, 0.4) is 0 Å². The van der Waals surface area contributed by atoms with Gasteiger partial charge in [-0.2, -0.15) is 0 Å². The minimum Gasteiger partial charge on any atom is -0.394 e. The third-order valence-electron chi connectivity index (χ3n) is 7.46. The van der Waals surface area contributed by atoms with Crippen molar-refractivity contribution >= 4 is 40.7 Å². The van der Waals surface area contributed by atoms with Crippen molar-refractivity contribution in [1.29, 1.82) is 0 Å². The van der Waals surface area contributed by atoms with Crippen LogP contribution in [0, 0.1) is 11.2 Å². The van der Waals surface area contributed by atoms with Crippen LogP contribution in [0.15, 0.2) is 36.4 Å². The summed E-state index contributed by atoms with van der Waals surface area (Å²) in [5.74, 6) is -1.98. The predicted molar refractivity (Wildman–Crippen MR) is 146 cm³/mol. The molecule has 2 amide bonds. The number of aliphatic hydroxyl groups excluding tert-OH is 2. The first-order chi connectivity index (χ1) is 17.9. The summed E-state index contributed by atoms with van der Waals surface area (Å²) in [4.78, 5) is 27.1. The number of anilines is 1. The molecule has 1 fully saturated rings. The highest BCUT2D eigenvalue weighted by Gasteiger charge is 2.64. The quantitative estimate of drug-likeness (QED) is 0.330. The molecule has 1 spiro atoms. The molecule has 2 aromatic rings. The average Bonchev–Trinajstić information content (AvgIpc) is 3.28. The Morgan fingerprint density at radius 1 is 1.24 bits per heavy atom. The molecule has 10 heteroatoms. The van der Waals surface area contributed by atoms with Crippen LogP contribution in [0.5, 0.6) is 0 Å². The molecule has 7 nitrogen and oxygen atoms in total. The van der Waals surface area contributed by atoms with E-state index in [1.165, 1.54) is 6.07 Å². The van der Waals surface area contributed by atoms with Gasteiger partial charge in [0.2, 0.25) is 11.8 Å². The fraction of sp³-hybridized carbons (Fsp3) is 0.500. The first-order valence-corrected chi connectivity index (χ1v) is 13.5. The summed E-state index contributed by atoms with van der Waals surface area (Å²) in [5, 5.41) is 28.3. The van der Waals surface area contributed by atoms with Crippen molar-refractivity contribution in [2.24, 2.45) is 5.41 Å². The van der Waals surface area contributed by atoms with Gasteiger partial charge in [-0.25, -0.2) is 4.39 Å². The molecule has 38 heavy (non-hydrogen) atoms. The molecule has 0 aliphatic carbocycles. The summed E-state index contributed by atoms with van der Waals surface area (Å²) in [6, 6.07) is 8.91. The maximum atomic E-state index is 15.7. The monoisotopic (exact) mass is 565 g/mol. The molecule has 0 bridgehead atoms. The number of carbonyl (C=O) groups excluding carboxylic acids is 2. The van der Waals surface area contributed by atoms with Crippen molar-refractivity contribution in [2.75, 3.05) is 18.5 Å². The highest BCUT2D eigenvalue weighted by atomic mass is 35.5. The third kappa shape index (κ3) is 5.42. The highest BCUT2D eigenvalue weighted by molar-refractivity contribution is 6.31. The lowest BCUT2D eigenvalue weighted by Gasteiger charge is -2.38. The Kier molecular flexibility index (Phi) is 8.40. The van der Waals surface area contributed by atoms with Crippen molar-refractivity contribution in [2.45, 2.75) is 69.6 Å². The number of fused-ring (bicyclic) bond motifs is 2. The van der Waals surface area contributed by atoms with Crippen molar-refractivity contribution in [1.82, 2.24) is 10.6 Å². The number of benzene rings is 2. The summed E-state index contributed by atoms with van der Waals surface area (Å²) in [5.41, 5.74) is 0.102. The van der Waals surface area contributed by atoms with E-state index in [9.17, 15) is 14.7 Å². The van der Waals surface area contributed by atoms with E-state index in [0.29, 0.717) is 22.7 Å². The van der Waals surface area contributed by atoms with Gasteiger partial charge in [0.25, 0.3) is 0 Å². The van der Waals surface area contributed by atoms with Gasteiger partial charge in [-0.15, -0.1) is 0 Å². The van der Waals surface area contributed by atoms with Crippen LogP contribution in [-0.2, 0) is 15.0 Å². The highest BCUT2D eigenvalue weighted by Crippen LogP contribution is 2.57. The number of nitrogens with one attached hydrogen (secondary N) is 3. The maximum absolute atomic E-state index is 15.7. The fourth-order valence-electron chi connectivity index (χ4n) is 5.98. The second kappa shape index (κ2) is 11.1. The van der Waals surface area contributed by atoms with Crippen LogP contribution in [0.1, 0.15) is 57.1 Å². The number of hydrogen-bond donors (Lipinski definition) is 5. The van der Waals surface area contributed by atoms with E-state index in [1.807, 2.05) is 0 Å². The number of carbonyl (C=O) groups is 2. The second-order valence-electron chi connectivity index (χ2n) is 11.4. The van der Waals surface area contributed by atoms with Gasteiger partial charge in [-0.05, 0) is 47.6 Å². The zero-order chi connectivity index (χ0) is 27.8. The zero-order valence-electron chi connectivity index (χ0n) is 21.7. The average molecular weight is 567 g/mol. The van der Waals surface area contributed by atoms with Gasteiger partial charge in [0.1, 0.15) is 11.2 Å². The number of rotatable bonds is 8. The molecule has 2 aliphatic rings. The Labute approximate surface area is 232 Å². The Balaban J connectivity index is 1.83. The fourth-order valence-corrected chi connectivity index (χ4v) is 6.33. The minimum absolute atomic E-state index is 0.0373. The van der Waals surface area contributed by atoms with E-state index in [-0.39, 0.29) is 47.2 Å². The van der Waals surface area contributed by atoms with Gasteiger partial charge in [0.05, 0.1) is 17.7 Å². The van der Waals surface area contributed by atoms with E-state index < -0.39 is 41.9 Å². The van der Waals surface area contributed by atoms with Crippen LogP contribution >= 0.6 is 23.2 Å². The number of amides is 2. The minimum atomic E-state index is -1.23. The Morgan fingerprint density at radius 3 is 2.66 bits per heavy atom. The topological polar surface area (TPSA) is 111 Å². The molecular formula is C28H34Cl2FN3O4. The second-order valence-corrected chi connectivity index (χ2v) is 12.2. The lowest BCUT2D eigenvalue weighted by Crippen LogP contribution is -2.49. The van der Waals surface area contributed by atoms with Crippen LogP contribution in [0.2, 0.25) is 10.0 Å². The smallest absolute Gasteiger partial charge is 0.237 e. The maximum Gasteiger partial charge on any atom is 0.237 e. The molecule has 1 saturated heterocycles. The molecule has 0 radical (unpaired) electrons. The van der Waals surface area contributed by atoms with Gasteiger partial charge in [0.15, 0.2) is 0 Å². The number of hydrogen-bond acceptors (Lipinski definition) is 5. The standard InChI is InChI=1S/C28H34Cl2FN3O4/c1-27(2,3)13-22-28(18-8-7-15(29)11-20(18)34-26(28)38)24(17-5-4-6-19(30)25(17)31)21(33-22)12-23(37)32-10-9-16(36)14-35/h4-8,11,16,21-22,24,33,35-36H,9-10,12-14H2,1-3H3,(H,32,37)(H,34,38)/t16-,21?,22+,24-,28?/m0/s1. The zero-order valence-corrected chi connectivity index (χ0v) is 23.2. The van der Waals surface area contributed by atoms with Crippen LogP contribution in [0.25, 0.3) is 0 Å². The molecule has 5 atom stereocenters. The van der Waals surface area contributed by atoms with Gasteiger partial charge in [-0.3, -0.25) is 9.59 Å². The van der Waals surface area contributed by atoms with Crippen LogP contribution in [0.4, 0.5) is 10.1 Å². The Bertz CT molecular complexity index is 1220. The van der Waals surface area contributed by atoms with E-state index in [0.717, 1.165) is 0 Å². The number of halogens is 3. The lowest BCUT2D eigenvalue weighted by molar-refractivity contribution is -0.123. The summed E-state index contributed by atoms with van der Waals surface area (Å²) in [6.45, 7) is 5.98. The summed E-state index contributed by atoms with van der Waals surface area (Å²) in [6.07, 6.45) is -0.204. The van der Waals surface area contributed by atoms with Crippen LogP contribution in [-0.4, -0.2) is 53.4 Å². The molecule has 2 heterocycles. The van der Waals surface area contributed by atoms with Gasteiger partial charge in [0, 0.05) is 41.7 Å². The van der Waals surface area contributed by atoms with E-state index >= 15 is 4.39 Å². The van der Waals surface area contributed by atoms with E-state index in [1.54, 1.807) is 30.3 Å². The van der Waals surface area contributed by atoms with Gasteiger partial charge >= 0.3 is 0 Å². The van der Waals surface area contributed by atoms with Crippen molar-refractivity contribution in [3.05, 3.63) is 63.4 Å². The van der Waals surface area contributed by atoms with Crippen molar-refractivity contribution in [3.8, 4) is 0 Å². The van der Waals surface area contributed by atoms with Crippen LogP contribution < -0.4 is 16.0 Å². The Morgan fingerprint density at radius 2 is 1.97 bits per heavy atom. The number of aliphatic hydroxyl groups is 2. The lowest BCUT2D eigenvalue weighted by atomic mass is 9.62. The first-order valence-electron chi connectivity index (χ1n) is 12.8. The molecule has 4 rings (SSSR count). The largest absolute Gasteiger partial charge is 0.394 e. The predicted octanol–water partition coefficient (Wildman–Crippen LogP) is 4.13.